The Hall–Kier alpha value is -1.44. The van der Waals surface area contributed by atoms with Crippen LogP contribution in [0.2, 0.25) is 0 Å². The average molecular weight is 329 g/mol. The highest BCUT2D eigenvalue weighted by Crippen LogP contribution is 2.11. The molecular formula is C15H23NO5S. The first-order chi connectivity index (χ1) is 10.3. The Kier molecular flexibility index (Phi) is 6.99. The fourth-order valence-corrected chi connectivity index (χ4v) is 3.10. The van der Waals surface area contributed by atoms with Gasteiger partial charge in [0.05, 0.1) is 17.3 Å². The zero-order valence-electron chi connectivity index (χ0n) is 13.2. The highest BCUT2D eigenvalue weighted by molar-refractivity contribution is 7.91. The molecular weight excluding hydrogens is 306 g/mol. The van der Waals surface area contributed by atoms with Crippen LogP contribution in [0.3, 0.4) is 0 Å². The summed E-state index contributed by atoms with van der Waals surface area (Å²) in [5.41, 5.74) is -0.636. The molecule has 1 atom stereocenters. The minimum Gasteiger partial charge on any atom is -0.382 e. The average Bonchev–Trinajstić information content (AvgIpc) is 2.52. The number of ether oxygens (including phenoxy) is 2. The Bertz CT molecular complexity index is 573. The van der Waals surface area contributed by atoms with E-state index in [9.17, 15) is 13.2 Å². The van der Waals surface area contributed by atoms with Crippen LogP contribution in [0.25, 0.3) is 0 Å². The molecule has 0 aliphatic rings. The van der Waals surface area contributed by atoms with Gasteiger partial charge in [-0.3, -0.25) is 4.79 Å². The lowest BCUT2D eigenvalue weighted by Crippen LogP contribution is -2.45. The fourth-order valence-electron chi connectivity index (χ4n) is 1.83. The van der Waals surface area contributed by atoms with Crippen LogP contribution in [0.4, 0.5) is 0 Å². The molecule has 1 rings (SSSR count). The van der Waals surface area contributed by atoms with Crippen molar-refractivity contribution in [2.24, 2.45) is 0 Å². The SMILES string of the molecule is COCC(C)(CNC(=O)CCS(=O)(=O)c1ccccc1)OC. The maximum absolute atomic E-state index is 12.1. The van der Waals surface area contributed by atoms with Crippen LogP contribution in [0, 0.1) is 0 Å². The van der Waals surface area contributed by atoms with Crippen molar-refractivity contribution in [3.63, 3.8) is 0 Å². The largest absolute Gasteiger partial charge is 0.382 e. The Morgan fingerprint density at radius 1 is 1.23 bits per heavy atom. The summed E-state index contributed by atoms with van der Waals surface area (Å²) in [6, 6.07) is 8.10. The van der Waals surface area contributed by atoms with E-state index in [4.69, 9.17) is 9.47 Å². The number of hydrogen-bond acceptors (Lipinski definition) is 5. The minimum atomic E-state index is -3.44. The standard InChI is InChI=1S/C15H23NO5S/c1-15(21-3,12-20-2)11-16-14(17)9-10-22(18,19)13-7-5-4-6-8-13/h4-8H,9-12H2,1-3H3,(H,16,17). The maximum Gasteiger partial charge on any atom is 0.221 e. The second kappa shape index (κ2) is 8.26. The Morgan fingerprint density at radius 2 is 1.86 bits per heavy atom. The summed E-state index contributed by atoms with van der Waals surface area (Å²) in [7, 11) is -0.362. The van der Waals surface area contributed by atoms with Gasteiger partial charge in [-0.25, -0.2) is 8.42 Å². The second-order valence-corrected chi connectivity index (χ2v) is 7.35. The number of sulfone groups is 1. The quantitative estimate of drug-likeness (QED) is 0.731. The van der Waals surface area contributed by atoms with E-state index in [0.29, 0.717) is 6.61 Å². The number of carbonyl (C=O) groups is 1. The predicted octanol–water partition coefficient (Wildman–Crippen LogP) is 1.02. The summed E-state index contributed by atoms with van der Waals surface area (Å²) in [6.07, 6.45) is -0.0932. The van der Waals surface area contributed by atoms with E-state index >= 15 is 0 Å². The molecule has 0 aliphatic carbocycles. The molecule has 1 aromatic carbocycles. The van der Waals surface area contributed by atoms with Gasteiger partial charge in [0.2, 0.25) is 5.91 Å². The van der Waals surface area contributed by atoms with Crippen molar-refractivity contribution in [1.82, 2.24) is 5.32 Å². The van der Waals surface area contributed by atoms with E-state index in [1.807, 2.05) is 0 Å². The van der Waals surface area contributed by atoms with Gasteiger partial charge in [-0.2, -0.15) is 0 Å². The van der Waals surface area contributed by atoms with Crippen LogP contribution in [0.15, 0.2) is 35.2 Å². The minimum absolute atomic E-state index is 0.0932. The third-order valence-corrected chi connectivity index (χ3v) is 5.03. The highest BCUT2D eigenvalue weighted by Gasteiger charge is 2.24. The molecule has 0 aromatic heterocycles. The van der Waals surface area contributed by atoms with Gasteiger partial charge in [-0.1, -0.05) is 18.2 Å². The molecule has 0 spiro atoms. The molecule has 1 amide bonds. The van der Waals surface area contributed by atoms with Crippen LogP contribution in [-0.4, -0.2) is 53.1 Å². The topological polar surface area (TPSA) is 81.7 Å². The molecule has 0 aliphatic heterocycles. The van der Waals surface area contributed by atoms with Gasteiger partial charge in [0.25, 0.3) is 0 Å². The van der Waals surface area contributed by atoms with E-state index in [1.165, 1.54) is 19.2 Å². The third-order valence-electron chi connectivity index (χ3n) is 3.30. The molecule has 124 valence electrons. The number of hydrogen-bond donors (Lipinski definition) is 1. The number of carbonyl (C=O) groups excluding carboxylic acids is 1. The van der Waals surface area contributed by atoms with Gasteiger partial charge in [0.15, 0.2) is 9.84 Å². The molecule has 0 radical (unpaired) electrons. The van der Waals surface area contributed by atoms with Gasteiger partial charge in [-0.15, -0.1) is 0 Å². The number of methoxy groups -OCH3 is 2. The lowest BCUT2D eigenvalue weighted by atomic mass is 10.1. The highest BCUT2D eigenvalue weighted by atomic mass is 32.2. The Morgan fingerprint density at radius 3 is 2.41 bits per heavy atom. The van der Waals surface area contributed by atoms with Gasteiger partial charge in [0.1, 0.15) is 5.60 Å². The molecule has 0 saturated carbocycles. The van der Waals surface area contributed by atoms with Crippen molar-refractivity contribution in [2.75, 3.05) is 33.1 Å². The van der Waals surface area contributed by atoms with E-state index in [-0.39, 0.29) is 29.5 Å². The lowest BCUT2D eigenvalue weighted by Gasteiger charge is -2.27. The molecule has 7 heteroatoms. The number of amides is 1. The van der Waals surface area contributed by atoms with E-state index in [2.05, 4.69) is 5.32 Å². The number of nitrogens with one attached hydrogen (secondary N) is 1. The smallest absolute Gasteiger partial charge is 0.221 e. The molecule has 22 heavy (non-hydrogen) atoms. The van der Waals surface area contributed by atoms with Crippen molar-refractivity contribution in [1.29, 1.82) is 0 Å². The number of benzene rings is 1. The zero-order chi connectivity index (χ0) is 16.6. The zero-order valence-corrected chi connectivity index (χ0v) is 14.0. The van der Waals surface area contributed by atoms with Gasteiger partial charge in [0, 0.05) is 27.2 Å². The molecule has 1 aromatic rings. The predicted molar refractivity (Wildman–Crippen MR) is 83.4 cm³/mol. The van der Waals surface area contributed by atoms with Gasteiger partial charge in [-0.05, 0) is 19.1 Å². The Balaban J connectivity index is 2.50. The van der Waals surface area contributed by atoms with Crippen LogP contribution in [0.1, 0.15) is 13.3 Å². The van der Waals surface area contributed by atoms with Crippen molar-refractivity contribution in [2.45, 2.75) is 23.8 Å². The molecule has 6 nitrogen and oxygen atoms in total. The molecule has 0 saturated heterocycles. The van der Waals surface area contributed by atoms with E-state index < -0.39 is 15.4 Å². The molecule has 1 N–H and O–H groups in total. The molecule has 0 heterocycles. The van der Waals surface area contributed by atoms with E-state index in [1.54, 1.807) is 32.2 Å². The first kappa shape index (κ1) is 18.6. The summed E-state index contributed by atoms with van der Waals surface area (Å²) in [5, 5.41) is 2.67. The monoisotopic (exact) mass is 329 g/mol. The van der Waals surface area contributed by atoms with Crippen molar-refractivity contribution < 1.29 is 22.7 Å². The van der Waals surface area contributed by atoms with Crippen molar-refractivity contribution in [3.05, 3.63) is 30.3 Å². The fraction of sp³-hybridized carbons (Fsp3) is 0.533. The second-order valence-electron chi connectivity index (χ2n) is 5.25. The van der Waals surface area contributed by atoms with Gasteiger partial charge >= 0.3 is 0 Å². The van der Waals surface area contributed by atoms with Crippen molar-refractivity contribution in [3.8, 4) is 0 Å². The summed E-state index contributed by atoms with van der Waals surface area (Å²) < 4.78 is 34.5. The molecule has 1 unspecified atom stereocenters. The molecule has 0 bridgehead atoms. The van der Waals surface area contributed by atoms with Crippen LogP contribution in [-0.2, 0) is 24.1 Å². The van der Waals surface area contributed by atoms with Crippen LogP contribution < -0.4 is 5.32 Å². The summed E-state index contributed by atoms with van der Waals surface area (Å²) in [6.45, 7) is 2.38. The summed E-state index contributed by atoms with van der Waals surface area (Å²) in [5.74, 6) is -0.560. The summed E-state index contributed by atoms with van der Waals surface area (Å²) in [4.78, 5) is 12.0. The normalized spacial score (nSPS) is 14.3. The molecule has 0 fully saturated rings. The van der Waals surface area contributed by atoms with Crippen LogP contribution >= 0.6 is 0 Å². The maximum atomic E-state index is 12.1. The van der Waals surface area contributed by atoms with Crippen LogP contribution in [0.5, 0.6) is 0 Å². The summed E-state index contributed by atoms with van der Waals surface area (Å²) >= 11 is 0. The Labute approximate surface area is 131 Å². The van der Waals surface area contributed by atoms with E-state index in [0.717, 1.165) is 0 Å². The first-order valence-electron chi connectivity index (χ1n) is 6.91. The van der Waals surface area contributed by atoms with Crippen molar-refractivity contribution >= 4 is 15.7 Å². The number of rotatable bonds is 9. The third kappa shape index (κ3) is 5.75. The van der Waals surface area contributed by atoms with Gasteiger partial charge < -0.3 is 14.8 Å². The first-order valence-corrected chi connectivity index (χ1v) is 8.57. The lowest BCUT2D eigenvalue weighted by molar-refractivity contribution is -0.123.